The monoisotopic (exact) mass is 260 g/mol. The maximum Gasteiger partial charge on any atom is 0.306 e. The number of hydrogen-bond acceptors (Lipinski definition) is 4. The van der Waals surface area contributed by atoms with Gasteiger partial charge in [-0.2, -0.15) is 0 Å². The average Bonchev–Trinajstić information content (AvgIpc) is 2.29. The van der Waals surface area contributed by atoms with Gasteiger partial charge in [0.05, 0.1) is 13.2 Å². The zero-order chi connectivity index (χ0) is 14.4. The van der Waals surface area contributed by atoms with Crippen LogP contribution in [0, 0.1) is 5.92 Å². The molecule has 0 aromatic rings. The summed E-state index contributed by atoms with van der Waals surface area (Å²) in [6.07, 6.45) is 3.96. The second-order valence-electron chi connectivity index (χ2n) is 4.00. The first-order chi connectivity index (χ1) is 8.51. The molecule has 0 aromatic heterocycles. The largest absolute Gasteiger partial charge is 0.466 e. The highest BCUT2D eigenvalue weighted by Crippen LogP contribution is 2.15. The number of carbonyl (C=O) groups is 2. The molecule has 0 fully saturated rings. The molecule has 0 bridgehead atoms. The van der Waals surface area contributed by atoms with Gasteiger partial charge in [-0.05, 0) is 19.8 Å². The van der Waals surface area contributed by atoms with Crippen molar-refractivity contribution in [3.8, 4) is 0 Å². The van der Waals surface area contributed by atoms with Crippen LogP contribution in [0.3, 0.4) is 0 Å². The van der Waals surface area contributed by atoms with Crippen LogP contribution in [0.25, 0.3) is 0 Å². The highest BCUT2D eigenvalue weighted by Gasteiger charge is 2.11. The number of esters is 2. The predicted octanol–water partition coefficient (Wildman–Crippen LogP) is 3.34. The minimum atomic E-state index is -0.211. The smallest absolute Gasteiger partial charge is 0.306 e. The van der Waals surface area contributed by atoms with Gasteiger partial charge in [0, 0.05) is 13.3 Å². The number of ether oxygens (including phenoxy) is 2. The molecule has 18 heavy (non-hydrogen) atoms. The third kappa shape index (κ3) is 14.9. The molecule has 108 valence electrons. The van der Waals surface area contributed by atoms with E-state index < -0.39 is 0 Å². The normalized spacial score (nSPS) is 10.9. The Hall–Kier alpha value is -1.06. The third-order valence-corrected chi connectivity index (χ3v) is 2.38. The van der Waals surface area contributed by atoms with Gasteiger partial charge < -0.3 is 9.47 Å². The lowest BCUT2D eigenvalue weighted by atomic mass is 9.97. The summed E-state index contributed by atoms with van der Waals surface area (Å²) in [4.78, 5) is 20.9. The van der Waals surface area contributed by atoms with Crippen LogP contribution in [-0.2, 0) is 19.1 Å². The molecular formula is C14H28O4. The van der Waals surface area contributed by atoms with E-state index in [9.17, 15) is 9.59 Å². The lowest BCUT2D eigenvalue weighted by Crippen LogP contribution is -2.10. The summed E-state index contributed by atoms with van der Waals surface area (Å²) in [6, 6.07) is 0. The zero-order valence-electron chi connectivity index (χ0n) is 12.5. The fourth-order valence-corrected chi connectivity index (χ4v) is 1.52. The minimum absolute atomic E-state index is 0.0437. The Morgan fingerprint density at radius 1 is 1.00 bits per heavy atom. The lowest BCUT2D eigenvalue weighted by Gasteiger charge is -2.11. The first-order valence-electron chi connectivity index (χ1n) is 6.80. The topological polar surface area (TPSA) is 52.6 Å². The van der Waals surface area contributed by atoms with Gasteiger partial charge in [0.1, 0.15) is 0 Å². The van der Waals surface area contributed by atoms with Gasteiger partial charge in [0.15, 0.2) is 0 Å². The van der Waals surface area contributed by atoms with Crippen molar-refractivity contribution in [2.24, 2.45) is 5.92 Å². The van der Waals surface area contributed by atoms with Crippen molar-refractivity contribution in [2.75, 3.05) is 13.2 Å². The Morgan fingerprint density at radius 3 is 1.83 bits per heavy atom. The first kappa shape index (κ1) is 19.3. The molecular weight excluding hydrogens is 232 g/mol. The van der Waals surface area contributed by atoms with Gasteiger partial charge in [-0.15, -0.1) is 0 Å². The predicted molar refractivity (Wildman–Crippen MR) is 72.2 cm³/mol. The molecule has 0 rings (SSSR count). The van der Waals surface area contributed by atoms with E-state index in [1.807, 2.05) is 6.92 Å². The summed E-state index contributed by atoms with van der Waals surface area (Å²) in [6.45, 7) is 10.3. The molecule has 0 radical (unpaired) electrons. The van der Waals surface area contributed by atoms with E-state index in [1.54, 1.807) is 6.92 Å². The Morgan fingerprint density at radius 2 is 1.56 bits per heavy atom. The summed E-state index contributed by atoms with van der Waals surface area (Å²) in [5.41, 5.74) is 0. The molecule has 0 aliphatic rings. The Bertz CT molecular complexity index is 214. The van der Waals surface area contributed by atoms with Crippen LogP contribution in [0.4, 0.5) is 0 Å². The highest BCUT2D eigenvalue weighted by atomic mass is 16.5. The van der Waals surface area contributed by atoms with Crippen LogP contribution in [-0.4, -0.2) is 25.2 Å². The summed E-state index contributed by atoms with van der Waals surface area (Å²) < 4.78 is 9.28. The van der Waals surface area contributed by atoms with E-state index in [1.165, 1.54) is 6.92 Å². The maximum absolute atomic E-state index is 11.1. The molecule has 0 aliphatic carbocycles. The van der Waals surface area contributed by atoms with E-state index in [2.05, 4.69) is 18.6 Å². The Kier molecular flexibility index (Phi) is 15.0. The average molecular weight is 260 g/mol. The second kappa shape index (κ2) is 14.0. The molecule has 0 aromatic carbocycles. The second-order valence-corrected chi connectivity index (χ2v) is 4.00. The van der Waals surface area contributed by atoms with Gasteiger partial charge >= 0.3 is 11.9 Å². The van der Waals surface area contributed by atoms with Crippen molar-refractivity contribution < 1.29 is 19.1 Å². The molecule has 0 amide bonds. The molecule has 4 nitrogen and oxygen atoms in total. The lowest BCUT2D eigenvalue weighted by molar-refractivity contribution is -0.144. The summed E-state index contributed by atoms with van der Waals surface area (Å²) >= 11 is 0. The van der Waals surface area contributed by atoms with Crippen molar-refractivity contribution in [3.05, 3.63) is 0 Å². The molecule has 0 heterocycles. The van der Waals surface area contributed by atoms with E-state index in [0.717, 1.165) is 19.3 Å². The van der Waals surface area contributed by atoms with Crippen molar-refractivity contribution in [3.63, 3.8) is 0 Å². The van der Waals surface area contributed by atoms with Gasteiger partial charge in [0.2, 0.25) is 0 Å². The van der Waals surface area contributed by atoms with E-state index in [4.69, 9.17) is 4.74 Å². The van der Waals surface area contributed by atoms with Crippen LogP contribution in [0.15, 0.2) is 0 Å². The summed E-state index contributed by atoms with van der Waals surface area (Å²) in [5, 5.41) is 0. The number of hydrogen-bond donors (Lipinski definition) is 0. The first-order valence-corrected chi connectivity index (χ1v) is 6.80. The fraction of sp³-hybridized carbons (Fsp3) is 0.857. The van der Waals surface area contributed by atoms with E-state index >= 15 is 0 Å². The third-order valence-electron chi connectivity index (χ3n) is 2.38. The Labute approximate surface area is 111 Å². The standard InChI is InChI=1S/C10H20O2.C4H8O2/c1-4-7-9(5-2)8-10(11)12-6-3;1-3-6-4(2)5/h9H,4-8H2,1-3H3;3H2,1-2H3. The molecule has 4 heteroatoms. The number of carbonyl (C=O) groups excluding carboxylic acids is 2. The van der Waals surface area contributed by atoms with E-state index in [-0.39, 0.29) is 11.9 Å². The van der Waals surface area contributed by atoms with Crippen molar-refractivity contribution in [2.45, 2.75) is 60.3 Å². The molecule has 0 aliphatic heterocycles. The molecule has 0 saturated heterocycles. The quantitative estimate of drug-likeness (QED) is 0.659. The minimum Gasteiger partial charge on any atom is -0.466 e. The van der Waals surface area contributed by atoms with E-state index in [0.29, 0.717) is 25.6 Å². The molecule has 0 N–H and O–H groups in total. The number of rotatable bonds is 7. The SMILES string of the molecule is CCCC(CC)CC(=O)OCC.CCOC(C)=O. The van der Waals surface area contributed by atoms with Crippen molar-refractivity contribution in [1.29, 1.82) is 0 Å². The van der Waals surface area contributed by atoms with Crippen LogP contribution in [0.2, 0.25) is 0 Å². The van der Waals surface area contributed by atoms with Crippen LogP contribution in [0.1, 0.15) is 60.3 Å². The summed E-state index contributed by atoms with van der Waals surface area (Å²) in [7, 11) is 0. The zero-order valence-corrected chi connectivity index (χ0v) is 12.5. The molecule has 0 spiro atoms. The van der Waals surface area contributed by atoms with Crippen LogP contribution < -0.4 is 0 Å². The van der Waals surface area contributed by atoms with Gasteiger partial charge in [-0.3, -0.25) is 9.59 Å². The maximum atomic E-state index is 11.1. The Balaban J connectivity index is 0. The molecule has 0 saturated carbocycles. The fourth-order valence-electron chi connectivity index (χ4n) is 1.52. The van der Waals surface area contributed by atoms with Crippen molar-refractivity contribution >= 4 is 11.9 Å². The molecule has 1 atom stereocenters. The van der Waals surface area contributed by atoms with Crippen LogP contribution >= 0.6 is 0 Å². The van der Waals surface area contributed by atoms with Gasteiger partial charge in [0.25, 0.3) is 0 Å². The summed E-state index contributed by atoms with van der Waals surface area (Å²) in [5.74, 6) is 0.268. The van der Waals surface area contributed by atoms with Crippen LogP contribution in [0.5, 0.6) is 0 Å². The highest BCUT2D eigenvalue weighted by molar-refractivity contribution is 5.69. The molecule has 1 unspecified atom stereocenters. The van der Waals surface area contributed by atoms with Crippen molar-refractivity contribution in [1.82, 2.24) is 0 Å². The van der Waals surface area contributed by atoms with Gasteiger partial charge in [-0.1, -0.05) is 33.1 Å². The van der Waals surface area contributed by atoms with Gasteiger partial charge in [-0.25, -0.2) is 0 Å².